The standard InChI is InChI=1S/C17H24O3/c1-16(2,3)15-14(12-6-5-7-13(19)10-12)20-11-17(15,4)8-9-18/h5-7,10,18-19H,8-9,11H2,1-4H3. The Morgan fingerprint density at radius 3 is 2.55 bits per heavy atom. The number of ether oxygens (including phenoxy) is 1. The van der Waals surface area contributed by atoms with Crippen molar-refractivity contribution in [1.29, 1.82) is 0 Å². The number of hydrogen-bond donors (Lipinski definition) is 2. The molecule has 1 atom stereocenters. The normalized spacial score (nSPS) is 23.1. The summed E-state index contributed by atoms with van der Waals surface area (Å²) in [6.45, 7) is 9.35. The van der Waals surface area contributed by atoms with Crippen molar-refractivity contribution in [2.75, 3.05) is 13.2 Å². The molecule has 0 saturated carbocycles. The maximum atomic E-state index is 9.68. The van der Waals surface area contributed by atoms with E-state index in [0.29, 0.717) is 13.0 Å². The van der Waals surface area contributed by atoms with Gasteiger partial charge in [0, 0.05) is 17.6 Å². The van der Waals surface area contributed by atoms with Crippen molar-refractivity contribution < 1.29 is 14.9 Å². The van der Waals surface area contributed by atoms with Gasteiger partial charge in [0.15, 0.2) is 0 Å². The molecule has 0 radical (unpaired) electrons. The molecule has 1 aliphatic heterocycles. The van der Waals surface area contributed by atoms with Crippen LogP contribution in [0.25, 0.3) is 5.76 Å². The summed E-state index contributed by atoms with van der Waals surface area (Å²) in [6, 6.07) is 7.16. The Kier molecular flexibility index (Phi) is 3.83. The smallest absolute Gasteiger partial charge is 0.127 e. The average Bonchev–Trinajstić information content (AvgIpc) is 2.67. The summed E-state index contributed by atoms with van der Waals surface area (Å²) in [4.78, 5) is 0. The van der Waals surface area contributed by atoms with E-state index in [1.54, 1.807) is 12.1 Å². The molecule has 1 aliphatic rings. The molecule has 110 valence electrons. The lowest BCUT2D eigenvalue weighted by molar-refractivity contribution is 0.153. The first kappa shape index (κ1) is 14.9. The van der Waals surface area contributed by atoms with Gasteiger partial charge in [-0.2, -0.15) is 0 Å². The van der Waals surface area contributed by atoms with Gasteiger partial charge in [0.1, 0.15) is 11.5 Å². The first-order valence-electron chi connectivity index (χ1n) is 7.06. The summed E-state index contributed by atoms with van der Waals surface area (Å²) in [5, 5.41) is 19.0. The highest BCUT2D eigenvalue weighted by Crippen LogP contribution is 2.51. The first-order chi connectivity index (χ1) is 9.28. The molecule has 2 N–H and O–H groups in total. The van der Waals surface area contributed by atoms with Crippen LogP contribution in [-0.4, -0.2) is 23.4 Å². The highest BCUT2D eigenvalue weighted by Gasteiger charge is 2.44. The third-order valence-electron chi connectivity index (χ3n) is 3.89. The Hall–Kier alpha value is -1.48. The van der Waals surface area contributed by atoms with E-state index in [1.165, 1.54) is 5.57 Å². The minimum absolute atomic E-state index is 0.0544. The molecule has 0 saturated heterocycles. The van der Waals surface area contributed by atoms with E-state index in [1.807, 2.05) is 12.1 Å². The van der Waals surface area contributed by atoms with Crippen molar-refractivity contribution in [2.45, 2.75) is 34.1 Å². The number of benzene rings is 1. The SMILES string of the molecule is CC(C)(C)C1=C(c2cccc(O)c2)OCC1(C)CCO. The Morgan fingerprint density at radius 2 is 2.00 bits per heavy atom. The monoisotopic (exact) mass is 276 g/mol. The van der Waals surface area contributed by atoms with Crippen molar-refractivity contribution in [1.82, 2.24) is 0 Å². The summed E-state index contributed by atoms with van der Waals surface area (Å²) < 4.78 is 5.96. The maximum absolute atomic E-state index is 9.68. The molecular weight excluding hydrogens is 252 g/mol. The van der Waals surface area contributed by atoms with Crippen LogP contribution in [0.4, 0.5) is 0 Å². The second kappa shape index (κ2) is 5.13. The predicted molar refractivity (Wildman–Crippen MR) is 80.2 cm³/mol. The number of phenolic OH excluding ortho intramolecular Hbond substituents is 1. The fourth-order valence-corrected chi connectivity index (χ4v) is 3.21. The molecule has 1 heterocycles. The van der Waals surface area contributed by atoms with E-state index < -0.39 is 0 Å². The van der Waals surface area contributed by atoms with Gasteiger partial charge in [-0.1, -0.05) is 39.8 Å². The molecule has 0 spiro atoms. The molecule has 0 aliphatic carbocycles. The Morgan fingerprint density at radius 1 is 1.30 bits per heavy atom. The largest absolute Gasteiger partial charge is 0.508 e. The van der Waals surface area contributed by atoms with Crippen LogP contribution in [0.15, 0.2) is 29.8 Å². The zero-order valence-electron chi connectivity index (χ0n) is 12.7. The number of aromatic hydroxyl groups is 1. The van der Waals surface area contributed by atoms with E-state index >= 15 is 0 Å². The fourth-order valence-electron chi connectivity index (χ4n) is 3.21. The molecule has 0 fully saturated rings. The van der Waals surface area contributed by atoms with Crippen molar-refractivity contribution in [3.8, 4) is 5.75 Å². The highest BCUT2D eigenvalue weighted by molar-refractivity contribution is 5.68. The average molecular weight is 276 g/mol. The fraction of sp³-hybridized carbons (Fsp3) is 0.529. The van der Waals surface area contributed by atoms with Crippen molar-refractivity contribution in [3.63, 3.8) is 0 Å². The van der Waals surface area contributed by atoms with Crippen molar-refractivity contribution >= 4 is 5.76 Å². The van der Waals surface area contributed by atoms with Crippen LogP contribution in [0.1, 0.15) is 39.7 Å². The van der Waals surface area contributed by atoms with E-state index in [4.69, 9.17) is 4.74 Å². The summed E-state index contributed by atoms with van der Waals surface area (Å²) >= 11 is 0. The predicted octanol–water partition coefficient (Wildman–Crippen LogP) is 3.57. The lowest BCUT2D eigenvalue weighted by Gasteiger charge is -2.33. The lowest BCUT2D eigenvalue weighted by Crippen LogP contribution is -2.29. The number of aliphatic hydroxyl groups excluding tert-OH is 1. The Balaban J connectivity index is 2.57. The molecule has 3 heteroatoms. The van der Waals surface area contributed by atoms with Gasteiger partial charge >= 0.3 is 0 Å². The molecule has 0 amide bonds. The van der Waals surface area contributed by atoms with Crippen LogP contribution in [0, 0.1) is 10.8 Å². The minimum Gasteiger partial charge on any atom is -0.508 e. The zero-order valence-corrected chi connectivity index (χ0v) is 12.7. The number of rotatable bonds is 3. The van der Waals surface area contributed by atoms with E-state index in [2.05, 4.69) is 27.7 Å². The number of phenols is 1. The van der Waals surface area contributed by atoms with Crippen LogP contribution < -0.4 is 0 Å². The van der Waals surface area contributed by atoms with E-state index in [0.717, 1.165) is 11.3 Å². The van der Waals surface area contributed by atoms with Gasteiger partial charge in [0.05, 0.1) is 6.61 Å². The van der Waals surface area contributed by atoms with E-state index in [9.17, 15) is 10.2 Å². The molecule has 20 heavy (non-hydrogen) atoms. The molecule has 1 aromatic carbocycles. The molecule has 0 bridgehead atoms. The molecular formula is C17H24O3. The summed E-state index contributed by atoms with van der Waals surface area (Å²) in [6.07, 6.45) is 0.682. The highest BCUT2D eigenvalue weighted by atomic mass is 16.5. The van der Waals surface area contributed by atoms with Crippen LogP contribution in [0.2, 0.25) is 0 Å². The summed E-state index contributed by atoms with van der Waals surface area (Å²) in [5.41, 5.74) is 1.90. The molecule has 1 aromatic rings. The van der Waals surface area contributed by atoms with Gasteiger partial charge in [-0.25, -0.2) is 0 Å². The molecule has 1 unspecified atom stereocenters. The Labute approximate surface area is 120 Å². The summed E-state index contributed by atoms with van der Waals surface area (Å²) in [5.74, 6) is 1.09. The van der Waals surface area contributed by atoms with Crippen molar-refractivity contribution in [2.24, 2.45) is 10.8 Å². The minimum atomic E-state index is -0.159. The van der Waals surface area contributed by atoms with Gasteiger partial charge in [-0.15, -0.1) is 0 Å². The number of hydrogen-bond acceptors (Lipinski definition) is 3. The second-order valence-corrected chi connectivity index (χ2v) is 6.83. The second-order valence-electron chi connectivity index (χ2n) is 6.83. The van der Waals surface area contributed by atoms with E-state index in [-0.39, 0.29) is 23.2 Å². The van der Waals surface area contributed by atoms with Crippen molar-refractivity contribution in [3.05, 3.63) is 35.4 Å². The quantitative estimate of drug-likeness (QED) is 0.887. The van der Waals surface area contributed by atoms with Crippen LogP contribution >= 0.6 is 0 Å². The van der Waals surface area contributed by atoms with Gasteiger partial charge < -0.3 is 14.9 Å². The maximum Gasteiger partial charge on any atom is 0.127 e. The van der Waals surface area contributed by atoms with Crippen LogP contribution in [0.5, 0.6) is 5.75 Å². The zero-order chi connectivity index (χ0) is 15.0. The third-order valence-corrected chi connectivity index (χ3v) is 3.89. The van der Waals surface area contributed by atoms with Crippen LogP contribution in [-0.2, 0) is 4.74 Å². The van der Waals surface area contributed by atoms with Crippen LogP contribution in [0.3, 0.4) is 0 Å². The third kappa shape index (κ3) is 2.68. The summed E-state index contributed by atoms with van der Waals surface area (Å²) in [7, 11) is 0. The number of aliphatic hydroxyl groups is 1. The topological polar surface area (TPSA) is 49.7 Å². The molecule has 0 aromatic heterocycles. The van der Waals surface area contributed by atoms with Gasteiger partial charge in [0.25, 0.3) is 0 Å². The Bertz CT molecular complexity index is 525. The lowest BCUT2D eigenvalue weighted by atomic mass is 9.69. The molecule has 3 nitrogen and oxygen atoms in total. The molecule has 2 rings (SSSR count). The van der Waals surface area contributed by atoms with Gasteiger partial charge in [-0.3, -0.25) is 0 Å². The first-order valence-corrected chi connectivity index (χ1v) is 7.06. The van der Waals surface area contributed by atoms with Gasteiger partial charge in [0.2, 0.25) is 0 Å². The van der Waals surface area contributed by atoms with Gasteiger partial charge in [-0.05, 0) is 29.5 Å².